The van der Waals surface area contributed by atoms with Gasteiger partial charge in [0.15, 0.2) is 0 Å². The first-order valence-electron chi connectivity index (χ1n) is 12.7. The number of carbonyl (C=O) groups excluding carboxylic acids is 2. The molecule has 1 atom stereocenters. The van der Waals surface area contributed by atoms with Crippen molar-refractivity contribution in [3.63, 3.8) is 0 Å². The molecule has 0 unspecified atom stereocenters. The highest BCUT2D eigenvalue weighted by atomic mass is 16.2. The lowest BCUT2D eigenvalue weighted by molar-refractivity contribution is -0.137. The second kappa shape index (κ2) is 10.2. The normalized spacial score (nSPS) is 21.8. The third-order valence-corrected chi connectivity index (χ3v) is 7.81. The fourth-order valence-corrected chi connectivity index (χ4v) is 5.77. The van der Waals surface area contributed by atoms with Crippen LogP contribution in [-0.4, -0.2) is 44.7 Å². The first kappa shape index (κ1) is 23.0. The minimum atomic E-state index is -0.151. The van der Waals surface area contributed by atoms with Gasteiger partial charge in [-0.15, -0.1) is 0 Å². The van der Waals surface area contributed by atoms with Gasteiger partial charge in [-0.2, -0.15) is 0 Å². The van der Waals surface area contributed by atoms with E-state index in [0.717, 1.165) is 50.8 Å². The molecule has 7 nitrogen and oxygen atoms in total. The van der Waals surface area contributed by atoms with Gasteiger partial charge in [-0.25, -0.2) is 4.98 Å². The van der Waals surface area contributed by atoms with Gasteiger partial charge in [0.05, 0.1) is 23.8 Å². The van der Waals surface area contributed by atoms with Crippen molar-refractivity contribution >= 4 is 11.8 Å². The van der Waals surface area contributed by atoms with Crippen LogP contribution in [0, 0.1) is 11.8 Å². The summed E-state index contributed by atoms with van der Waals surface area (Å²) in [7, 11) is 0. The van der Waals surface area contributed by atoms with Crippen LogP contribution in [0.4, 0.5) is 0 Å². The number of amides is 2. The zero-order chi connectivity index (χ0) is 22.7. The number of H-pyrrole nitrogens is 1. The van der Waals surface area contributed by atoms with E-state index in [1.807, 2.05) is 9.80 Å². The Morgan fingerprint density at radius 2 is 1.81 bits per heavy atom. The minimum absolute atomic E-state index is 0.0312. The topological polar surface area (TPSA) is 86.4 Å². The number of fused-ring (bicyclic) bond motifs is 1. The molecule has 2 amide bonds. The molecule has 0 spiro atoms. The van der Waals surface area contributed by atoms with E-state index in [0.29, 0.717) is 43.2 Å². The fourth-order valence-electron chi connectivity index (χ4n) is 5.77. The largest absolute Gasteiger partial charge is 0.338 e. The number of nitrogens with one attached hydrogen (secondary N) is 1. The molecule has 1 saturated heterocycles. The molecule has 1 aromatic rings. The average molecular weight is 443 g/mol. The second-order valence-electron chi connectivity index (χ2n) is 9.85. The van der Waals surface area contributed by atoms with Crippen LogP contribution in [0.2, 0.25) is 0 Å². The van der Waals surface area contributed by atoms with E-state index < -0.39 is 0 Å². The van der Waals surface area contributed by atoms with Crippen molar-refractivity contribution < 1.29 is 9.59 Å². The van der Waals surface area contributed by atoms with Crippen LogP contribution >= 0.6 is 0 Å². The molecule has 3 aliphatic rings. The first-order chi connectivity index (χ1) is 15.5. The Labute approximate surface area is 191 Å². The smallest absolute Gasteiger partial charge is 0.256 e. The zero-order valence-corrected chi connectivity index (χ0v) is 19.7. The van der Waals surface area contributed by atoms with E-state index in [4.69, 9.17) is 4.98 Å². The van der Waals surface area contributed by atoms with Crippen molar-refractivity contribution in [3.8, 4) is 0 Å². The first-order valence-corrected chi connectivity index (χ1v) is 12.7. The third-order valence-electron chi connectivity index (χ3n) is 7.81. The summed E-state index contributed by atoms with van der Waals surface area (Å²) < 4.78 is 0. The summed E-state index contributed by atoms with van der Waals surface area (Å²) in [5.41, 5.74) is 1.27. The van der Waals surface area contributed by atoms with Gasteiger partial charge in [0.1, 0.15) is 5.82 Å². The van der Waals surface area contributed by atoms with Crippen LogP contribution in [0.25, 0.3) is 0 Å². The summed E-state index contributed by atoms with van der Waals surface area (Å²) in [6, 6.07) is -0.146. The van der Waals surface area contributed by atoms with Gasteiger partial charge < -0.3 is 14.8 Å². The van der Waals surface area contributed by atoms with Gasteiger partial charge in [0, 0.05) is 31.8 Å². The maximum absolute atomic E-state index is 13.0. The third kappa shape index (κ3) is 4.76. The number of hydrogen-bond donors (Lipinski definition) is 1. The van der Waals surface area contributed by atoms with Gasteiger partial charge in [-0.3, -0.25) is 14.4 Å². The van der Waals surface area contributed by atoms with Gasteiger partial charge in [0.2, 0.25) is 11.8 Å². The van der Waals surface area contributed by atoms with Gasteiger partial charge in [0.25, 0.3) is 5.56 Å². The van der Waals surface area contributed by atoms with Crippen molar-refractivity contribution in [3.05, 3.63) is 27.4 Å². The predicted octanol–water partition coefficient (Wildman–Crippen LogP) is 3.72. The van der Waals surface area contributed by atoms with Gasteiger partial charge in [-0.1, -0.05) is 33.1 Å². The molecule has 176 valence electrons. The molecule has 3 heterocycles. The Kier molecular flexibility index (Phi) is 7.31. The van der Waals surface area contributed by atoms with Gasteiger partial charge in [-0.05, 0) is 44.4 Å². The molecule has 32 heavy (non-hydrogen) atoms. The van der Waals surface area contributed by atoms with Crippen molar-refractivity contribution in [2.75, 3.05) is 13.1 Å². The van der Waals surface area contributed by atoms with Crippen LogP contribution in [0.5, 0.6) is 0 Å². The lowest BCUT2D eigenvalue weighted by Crippen LogP contribution is -2.41. The monoisotopic (exact) mass is 442 g/mol. The lowest BCUT2D eigenvalue weighted by atomic mass is 9.86. The van der Waals surface area contributed by atoms with Crippen LogP contribution < -0.4 is 5.56 Å². The number of nitrogens with zero attached hydrogens (tertiary/aromatic N) is 3. The van der Waals surface area contributed by atoms with E-state index in [-0.39, 0.29) is 29.3 Å². The highest BCUT2D eigenvalue weighted by Gasteiger charge is 2.35. The molecule has 1 N–H and O–H groups in total. The molecule has 0 bridgehead atoms. The SMILES string of the molecule is CCC(CC)C(=O)N1CCC[C@@H]1c1nc2c(c(=O)[nH]1)CN(C(=O)CC1CCCCC1)CC2. The Morgan fingerprint density at radius 1 is 1.06 bits per heavy atom. The number of hydrogen-bond acceptors (Lipinski definition) is 4. The molecule has 7 heteroatoms. The number of rotatable bonds is 6. The summed E-state index contributed by atoms with van der Waals surface area (Å²) >= 11 is 0. The van der Waals surface area contributed by atoms with Crippen LogP contribution in [0.15, 0.2) is 4.79 Å². The maximum Gasteiger partial charge on any atom is 0.256 e. The summed E-state index contributed by atoms with van der Waals surface area (Å²) in [6.07, 6.45) is 10.7. The quantitative estimate of drug-likeness (QED) is 0.727. The summed E-state index contributed by atoms with van der Waals surface area (Å²) in [5, 5.41) is 0. The summed E-state index contributed by atoms with van der Waals surface area (Å²) in [6.45, 7) is 5.80. The molecular weight excluding hydrogens is 404 g/mol. The van der Waals surface area contributed by atoms with E-state index in [2.05, 4.69) is 18.8 Å². The Balaban J connectivity index is 1.47. The Morgan fingerprint density at radius 3 is 2.53 bits per heavy atom. The van der Waals surface area contributed by atoms with Crippen molar-refractivity contribution in [1.82, 2.24) is 19.8 Å². The number of likely N-dealkylation sites (tertiary alicyclic amines) is 1. The number of aromatic amines is 1. The van der Waals surface area contributed by atoms with E-state index >= 15 is 0 Å². The number of carbonyl (C=O) groups is 2. The summed E-state index contributed by atoms with van der Waals surface area (Å²) in [4.78, 5) is 50.4. The summed E-state index contributed by atoms with van der Waals surface area (Å²) in [5.74, 6) is 1.50. The van der Waals surface area contributed by atoms with Crippen molar-refractivity contribution in [2.45, 2.75) is 97.1 Å². The standard InChI is InChI=1S/C25H38N4O3/c1-3-18(4-2)25(32)29-13-8-11-21(29)23-26-20-12-14-28(16-19(20)24(31)27-23)22(30)15-17-9-6-5-7-10-17/h17-18,21H,3-16H2,1-2H3,(H,26,27,31)/t21-/m1/s1. The molecule has 0 radical (unpaired) electrons. The molecule has 1 aliphatic carbocycles. The molecule has 0 aromatic carbocycles. The molecule has 2 fully saturated rings. The van der Waals surface area contributed by atoms with Crippen molar-refractivity contribution in [2.24, 2.45) is 11.8 Å². The predicted molar refractivity (Wildman–Crippen MR) is 123 cm³/mol. The van der Waals surface area contributed by atoms with Crippen LogP contribution in [0.1, 0.15) is 101 Å². The minimum Gasteiger partial charge on any atom is -0.338 e. The molecular formula is C25H38N4O3. The number of aromatic nitrogens is 2. The average Bonchev–Trinajstić information content (AvgIpc) is 3.30. The molecule has 1 saturated carbocycles. The van der Waals surface area contributed by atoms with E-state index in [9.17, 15) is 14.4 Å². The van der Waals surface area contributed by atoms with Gasteiger partial charge >= 0.3 is 0 Å². The fraction of sp³-hybridized carbons (Fsp3) is 0.760. The van der Waals surface area contributed by atoms with E-state index in [1.165, 1.54) is 19.3 Å². The molecule has 1 aromatic heterocycles. The lowest BCUT2D eigenvalue weighted by Gasteiger charge is -2.31. The highest BCUT2D eigenvalue weighted by molar-refractivity contribution is 5.79. The maximum atomic E-state index is 13.0. The molecule has 4 rings (SSSR count). The van der Waals surface area contributed by atoms with Crippen LogP contribution in [-0.2, 0) is 22.6 Å². The highest BCUT2D eigenvalue weighted by Crippen LogP contribution is 2.33. The van der Waals surface area contributed by atoms with E-state index in [1.54, 1.807) is 0 Å². The Hall–Kier alpha value is -2.18. The second-order valence-corrected chi connectivity index (χ2v) is 9.85. The Bertz CT molecular complexity index is 886. The van der Waals surface area contributed by atoms with Crippen LogP contribution in [0.3, 0.4) is 0 Å². The molecule has 2 aliphatic heterocycles. The van der Waals surface area contributed by atoms with Crippen molar-refractivity contribution in [1.29, 1.82) is 0 Å². The zero-order valence-electron chi connectivity index (χ0n) is 19.7.